The predicted octanol–water partition coefficient (Wildman–Crippen LogP) is 16.1. The molecule has 0 spiro atoms. The Morgan fingerprint density at radius 1 is 0.404 bits per heavy atom. The second-order valence-corrected chi connectivity index (χ2v) is 16.5. The highest BCUT2D eigenvalue weighted by Crippen LogP contribution is 2.15. The van der Waals surface area contributed by atoms with Crippen LogP contribution in [0.2, 0.25) is 0 Å². The van der Waals surface area contributed by atoms with Gasteiger partial charge in [-0.2, -0.15) is 0 Å². The van der Waals surface area contributed by atoms with Gasteiger partial charge in [0.15, 0.2) is 6.10 Å². The lowest BCUT2D eigenvalue weighted by Crippen LogP contribution is -2.28. The minimum absolute atomic E-state index is 0.0686. The number of esters is 2. The number of ether oxygens (including phenoxy) is 2. The topological polar surface area (TPSA) is 72.8 Å². The summed E-state index contributed by atoms with van der Waals surface area (Å²) in [6.07, 6.45) is 62.1. The molecule has 0 amide bonds. The molecule has 1 N–H and O–H groups in total. The molecule has 0 saturated carbocycles. The molecule has 0 bridgehead atoms. The van der Waals surface area contributed by atoms with Crippen molar-refractivity contribution in [2.45, 2.75) is 258 Å². The molecule has 0 rings (SSSR count). The number of hydrogen-bond acceptors (Lipinski definition) is 5. The van der Waals surface area contributed by atoms with Gasteiger partial charge < -0.3 is 14.6 Å². The third kappa shape index (κ3) is 46.4. The van der Waals surface area contributed by atoms with E-state index in [1.807, 2.05) is 0 Å². The van der Waals surface area contributed by atoms with Crippen LogP contribution in [0, 0.1) is 0 Å². The second kappa shape index (κ2) is 48.2. The number of rotatable bonds is 45. The number of aliphatic hydroxyl groups excluding tert-OH is 1. The molecule has 1 atom stereocenters. The summed E-state index contributed by atoms with van der Waals surface area (Å²) in [5, 5.41) is 9.59. The van der Waals surface area contributed by atoms with Crippen molar-refractivity contribution in [3.05, 3.63) is 48.6 Å². The van der Waals surface area contributed by atoms with Crippen LogP contribution in [0.3, 0.4) is 0 Å². The van der Waals surface area contributed by atoms with Gasteiger partial charge in [0, 0.05) is 12.8 Å². The molecule has 0 aromatic carbocycles. The maximum Gasteiger partial charge on any atom is 0.306 e. The summed E-state index contributed by atoms with van der Waals surface area (Å²) in [4.78, 5) is 24.3. The van der Waals surface area contributed by atoms with Gasteiger partial charge in [-0.05, 0) is 77.0 Å². The van der Waals surface area contributed by atoms with E-state index in [1.54, 1.807) is 0 Å². The fourth-order valence-electron chi connectivity index (χ4n) is 7.09. The third-order valence-corrected chi connectivity index (χ3v) is 10.8. The first-order chi connectivity index (χ1) is 28.1. The molecule has 0 aliphatic carbocycles. The molecule has 1 unspecified atom stereocenters. The van der Waals surface area contributed by atoms with Gasteiger partial charge >= 0.3 is 11.9 Å². The van der Waals surface area contributed by atoms with E-state index in [0.717, 1.165) is 57.8 Å². The van der Waals surface area contributed by atoms with Gasteiger partial charge in [0.1, 0.15) is 6.61 Å². The quantitative estimate of drug-likeness (QED) is 0.0377. The number of hydrogen-bond donors (Lipinski definition) is 1. The van der Waals surface area contributed by atoms with Crippen LogP contribution in [0.4, 0.5) is 0 Å². The van der Waals surface area contributed by atoms with E-state index in [-0.39, 0.29) is 25.2 Å². The minimum Gasteiger partial charge on any atom is -0.462 e. The molecule has 0 heterocycles. The number of aliphatic hydroxyl groups is 1. The minimum atomic E-state index is -0.773. The summed E-state index contributed by atoms with van der Waals surface area (Å²) in [6.45, 7) is 4.11. The average molecular weight is 799 g/mol. The largest absolute Gasteiger partial charge is 0.462 e. The lowest BCUT2D eigenvalue weighted by molar-refractivity contribution is -0.161. The summed E-state index contributed by atoms with van der Waals surface area (Å²) in [7, 11) is 0. The molecule has 0 aromatic rings. The summed E-state index contributed by atoms with van der Waals surface area (Å²) in [6, 6.07) is 0. The highest BCUT2D eigenvalue weighted by atomic mass is 16.6. The molecule has 0 aliphatic heterocycles. The van der Waals surface area contributed by atoms with Gasteiger partial charge in [0.05, 0.1) is 6.61 Å². The van der Waals surface area contributed by atoms with E-state index in [2.05, 4.69) is 62.5 Å². The van der Waals surface area contributed by atoms with E-state index in [0.29, 0.717) is 12.8 Å². The summed E-state index contributed by atoms with van der Waals surface area (Å²) in [5.41, 5.74) is 0. The Morgan fingerprint density at radius 3 is 1.11 bits per heavy atom. The lowest BCUT2D eigenvalue weighted by Gasteiger charge is -2.15. The van der Waals surface area contributed by atoms with Crippen LogP contribution in [-0.4, -0.2) is 36.4 Å². The Morgan fingerprint density at radius 2 is 0.702 bits per heavy atom. The molecule has 0 fully saturated rings. The Hall–Kier alpha value is -2.14. The second-order valence-electron chi connectivity index (χ2n) is 16.5. The zero-order valence-electron chi connectivity index (χ0n) is 37.9. The predicted molar refractivity (Wildman–Crippen MR) is 247 cm³/mol. The fraction of sp³-hybridized carbons (Fsp3) is 0.808. The van der Waals surface area contributed by atoms with Crippen LogP contribution < -0.4 is 0 Å². The Balaban J connectivity index is 3.45. The SMILES string of the molecule is CCCCC/C=C\CCCCCCCC(=O)OCC(CO)OC(=O)CCCCCCCCCCCCCCCCCC/C=C\C/C=C\C/C=C\CCCCCCC. The van der Waals surface area contributed by atoms with Crippen molar-refractivity contribution >= 4 is 11.9 Å². The highest BCUT2D eigenvalue weighted by molar-refractivity contribution is 5.70. The average Bonchev–Trinajstić information content (AvgIpc) is 3.21. The van der Waals surface area contributed by atoms with Gasteiger partial charge in [-0.1, -0.05) is 210 Å². The first kappa shape index (κ1) is 54.9. The van der Waals surface area contributed by atoms with Crippen LogP contribution in [0.1, 0.15) is 251 Å². The summed E-state index contributed by atoms with van der Waals surface area (Å²) >= 11 is 0. The van der Waals surface area contributed by atoms with Crippen LogP contribution in [-0.2, 0) is 19.1 Å². The number of carbonyl (C=O) groups is 2. The first-order valence-corrected chi connectivity index (χ1v) is 24.7. The zero-order valence-corrected chi connectivity index (χ0v) is 37.9. The molecule has 0 radical (unpaired) electrons. The van der Waals surface area contributed by atoms with Gasteiger partial charge in [-0.3, -0.25) is 9.59 Å². The van der Waals surface area contributed by atoms with Crippen LogP contribution in [0.15, 0.2) is 48.6 Å². The third-order valence-electron chi connectivity index (χ3n) is 10.8. The van der Waals surface area contributed by atoms with Crippen molar-refractivity contribution in [1.29, 1.82) is 0 Å². The standard InChI is InChI=1S/C52H94O5/c1-3-5-7-9-11-13-15-17-18-19-20-21-22-23-24-25-26-27-28-29-30-31-32-33-34-35-37-39-41-43-45-47-52(55)57-50(48-53)49-56-51(54)46-44-42-40-38-36-16-14-12-10-8-6-4-2/h12,14-15,17,19-20,22-23,50,53H,3-11,13,16,18,21,24-49H2,1-2H3/b14-12-,17-15-,20-19-,23-22-. The molecular weight excluding hydrogens is 705 g/mol. The van der Waals surface area contributed by atoms with E-state index in [4.69, 9.17) is 9.47 Å². The van der Waals surface area contributed by atoms with Crippen LogP contribution in [0.5, 0.6) is 0 Å². The molecule has 0 aromatic heterocycles. The van der Waals surface area contributed by atoms with Gasteiger partial charge in [-0.15, -0.1) is 0 Å². The van der Waals surface area contributed by atoms with Crippen molar-refractivity contribution in [1.82, 2.24) is 0 Å². The molecule has 0 aliphatic rings. The van der Waals surface area contributed by atoms with Gasteiger partial charge in [-0.25, -0.2) is 0 Å². The summed E-state index contributed by atoms with van der Waals surface area (Å²) < 4.78 is 10.6. The normalized spacial score (nSPS) is 12.5. The van der Waals surface area contributed by atoms with E-state index in [9.17, 15) is 14.7 Å². The van der Waals surface area contributed by atoms with Crippen LogP contribution in [0.25, 0.3) is 0 Å². The smallest absolute Gasteiger partial charge is 0.306 e. The monoisotopic (exact) mass is 799 g/mol. The maximum atomic E-state index is 12.2. The Bertz CT molecular complexity index is 950. The first-order valence-electron chi connectivity index (χ1n) is 24.7. The van der Waals surface area contributed by atoms with Gasteiger partial charge in [0.25, 0.3) is 0 Å². The Kier molecular flexibility index (Phi) is 46.4. The van der Waals surface area contributed by atoms with E-state index >= 15 is 0 Å². The maximum absolute atomic E-state index is 12.2. The molecule has 5 heteroatoms. The van der Waals surface area contributed by atoms with Crippen molar-refractivity contribution < 1.29 is 24.2 Å². The molecular formula is C52H94O5. The van der Waals surface area contributed by atoms with Crippen molar-refractivity contribution in [2.75, 3.05) is 13.2 Å². The zero-order chi connectivity index (χ0) is 41.4. The van der Waals surface area contributed by atoms with Crippen molar-refractivity contribution in [2.24, 2.45) is 0 Å². The fourth-order valence-corrected chi connectivity index (χ4v) is 7.09. The number of carbonyl (C=O) groups excluding carboxylic acids is 2. The van der Waals surface area contributed by atoms with Crippen LogP contribution >= 0.6 is 0 Å². The van der Waals surface area contributed by atoms with E-state index < -0.39 is 6.10 Å². The van der Waals surface area contributed by atoms with Crippen molar-refractivity contribution in [3.63, 3.8) is 0 Å². The summed E-state index contributed by atoms with van der Waals surface area (Å²) in [5.74, 6) is -0.596. The van der Waals surface area contributed by atoms with Crippen molar-refractivity contribution in [3.8, 4) is 0 Å². The van der Waals surface area contributed by atoms with Gasteiger partial charge in [0.2, 0.25) is 0 Å². The molecule has 0 saturated heterocycles. The molecule has 5 nitrogen and oxygen atoms in total. The Labute approximate surface area is 354 Å². The highest BCUT2D eigenvalue weighted by Gasteiger charge is 2.16. The number of unbranched alkanes of at least 4 members (excludes halogenated alkanes) is 29. The molecule has 57 heavy (non-hydrogen) atoms. The molecule has 332 valence electrons. The number of allylic oxidation sites excluding steroid dienone is 8. The van der Waals surface area contributed by atoms with E-state index in [1.165, 1.54) is 167 Å². The lowest BCUT2D eigenvalue weighted by atomic mass is 10.0.